The van der Waals surface area contributed by atoms with Gasteiger partial charge >= 0.3 is 0 Å². The highest BCUT2D eigenvalue weighted by molar-refractivity contribution is 6.04. The van der Waals surface area contributed by atoms with Gasteiger partial charge in [0.15, 0.2) is 5.69 Å². The summed E-state index contributed by atoms with van der Waals surface area (Å²) in [7, 11) is 1.82. The maximum atomic E-state index is 12.8. The van der Waals surface area contributed by atoms with E-state index < -0.39 is 0 Å². The van der Waals surface area contributed by atoms with E-state index in [1.54, 1.807) is 9.58 Å². The fourth-order valence-corrected chi connectivity index (χ4v) is 4.62. The number of aromatic nitrogens is 2. The van der Waals surface area contributed by atoms with E-state index in [2.05, 4.69) is 15.7 Å². The molecule has 8 heteroatoms. The lowest BCUT2D eigenvalue weighted by molar-refractivity contribution is -0.134. The Balaban J connectivity index is 1.35. The number of nitrogens with zero attached hydrogens (tertiary/aromatic N) is 3. The molecule has 170 valence electrons. The largest absolute Gasteiger partial charge is 0.353 e. The Morgan fingerprint density at radius 3 is 2.56 bits per heavy atom. The minimum Gasteiger partial charge on any atom is -0.353 e. The molecule has 1 saturated carbocycles. The molecule has 1 aliphatic carbocycles. The van der Waals surface area contributed by atoms with Gasteiger partial charge in [-0.2, -0.15) is 5.10 Å². The van der Waals surface area contributed by atoms with Crippen LogP contribution in [0.1, 0.15) is 66.7 Å². The molecule has 0 radical (unpaired) electrons. The first-order chi connectivity index (χ1) is 15.5. The molecule has 2 heterocycles. The zero-order chi connectivity index (χ0) is 22.5. The van der Waals surface area contributed by atoms with Crippen LogP contribution in [0, 0.1) is 0 Å². The van der Waals surface area contributed by atoms with Crippen LogP contribution in [0.5, 0.6) is 0 Å². The molecule has 4 rings (SSSR count). The van der Waals surface area contributed by atoms with Crippen molar-refractivity contribution in [2.75, 3.05) is 11.9 Å². The molecule has 2 N–H and O–H groups in total. The number of carbonyl (C=O) groups excluding carboxylic acids is 3. The predicted molar refractivity (Wildman–Crippen MR) is 121 cm³/mol. The van der Waals surface area contributed by atoms with Gasteiger partial charge in [0.05, 0.1) is 0 Å². The second-order valence-electron chi connectivity index (χ2n) is 8.69. The second kappa shape index (κ2) is 9.97. The number of nitrogens with one attached hydrogen (secondary N) is 2. The smallest absolute Gasteiger partial charge is 0.276 e. The van der Waals surface area contributed by atoms with E-state index in [1.807, 2.05) is 37.4 Å². The molecule has 1 aliphatic heterocycles. The van der Waals surface area contributed by atoms with E-state index in [9.17, 15) is 14.4 Å². The van der Waals surface area contributed by atoms with E-state index in [4.69, 9.17) is 0 Å². The summed E-state index contributed by atoms with van der Waals surface area (Å²) in [5.74, 6) is -0.394. The first-order valence-electron chi connectivity index (χ1n) is 11.5. The number of fused-ring (bicyclic) bond motifs is 1. The van der Waals surface area contributed by atoms with Gasteiger partial charge in [-0.25, -0.2) is 0 Å². The molecule has 0 unspecified atom stereocenters. The number of amides is 3. The molecule has 3 amide bonds. The zero-order valence-electron chi connectivity index (χ0n) is 18.6. The normalized spacial score (nSPS) is 16.3. The number of benzene rings is 1. The molecule has 0 bridgehead atoms. The molecule has 1 fully saturated rings. The van der Waals surface area contributed by atoms with Gasteiger partial charge in [-0.05, 0) is 25.0 Å². The lowest BCUT2D eigenvalue weighted by Crippen LogP contribution is -2.39. The average molecular weight is 438 g/mol. The predicted octanol–water partition coefficient (Wildman–Crippen LogP) is 2.79. The van der Waals surface area contributed by atoms with Crippen LogP contribution in [0.2, 0.25) is 0 Å². The van der Waals surface area contributed by atoms with Gasteiger partial charge in [0.25, 0.3) is 5.91 Å². The summed E-state index contributed by atoms with van der Waals surface area (Å²) in [6.45, 7) is 0.902. The summed E-state index contributed by atoms with van der Waals surface area (Å²) >= 11 is 0. The molecule has 1 aromatic carbocycles. The van der Waals surface area contributed by atoms with Crippen molar-refractivity contribution in [1.82, 2.24) is 20.0 Å². The van der Waals surface area contributed by atoms with E-state index in [0.29, 0.717) is 30.9 Å². The number of rotatable bonds is 6. The number of para-hydroxylation sites is 1. The van der Waals surface area contributed by atoms with Crippen molar-refractivity contribution in [3.63, 3.8) is 0 Å². The molecular weight excluding hydrogens is 406 g/mol. The lowest BCUT2D eigenvalue weighted by atomic mass is 9.95. The van der Waals surface area contributed by atoms with Crippen molar-refractivity contribution in [2.45, 2.75) is 64.0 Å². The Bertz CT molecular complexity index is 979. The van der Waals surface area contributed by atoms with Crippen LogP contribution in [0.25, 0.3) is 0 Å². The third kappa shape index (κ3) is 5.18. The van der Waals surface area contributed by atoms with Gasteiger partial charge in [-0.1, -0.05) is 37.5 Å². The van der Waals surface area contributed by atoms with Gasteiger partial charge in [-0.15, -0.1) is 0 Å². The standard InChI is InChI=1S/C24H31N5O3/c1-28-20-14-15-29(22(31)13-12-21(30)25-17-8-4-2-5-9-17)16-19(20)23(27-28)24(32)26-18-10-6-3-7-11-18/h3,6-7,10-11,17H,2,4-5,8-9,12-16H2,1H3,(H,25,30)(H,26,32). The average Bonchev–Trinajstić information content (AvgIpc) is 3.15. The summed E-state index contributed by atoms with van der Waals surface area (Å²) in [5, 5.41) is 10.4. The Hall–Kier alpha value is -3.16. The van der Waals surface area contributed by atoms with Crippen LogP contribution in [0.3, 0.4) is 0 Å². The molecule has 0 atom stereocenters. The van der Waals surface area contributed by atoms with Gasteiger partial charge in [-0.3, -0.25) is 19.1 Å². The van der Waals surface area contributed by atoms with E-state index in [1.165, 1.54) is 6.42 Å². The van der Waals surface area contributed by atoms with E-state index in [-0.39, 0.29) is 36.6 Å². The summed E-state index contributed by atoms with van der Waals surface area (Å²) in [6.07, 6.45) is 6.63. The topological polar surface area (TPSA) is 96.3 Å². The second-order valence-corrected chi connectivity index (χ2v) is 8.69. The maximum absolute atomic E-state index is 12.8. The summed E-state index contributed by atoms with van der Waals surface area (Å²) < 4.78 is 1.73. The summed E-state index contributed by atoms with van der Waals surface area (Å²) in [5.41, 5.74) is 2.80. The molecule has 0 saturated heterocycles. The highest BCUT2D eigenvalue weighted by atomic mass is 16.2. The van der Waals surface area contributed by atoms with Crippen LogP contribution in [0.4, 0.5) is 5.69 Å². The number of anilines is 1. The van der Waals surface area contributed by atoms with Crippen molar-refractivity contribution in [1.29, 1.82) is 0 Å². The SMILES string of the molecule is Cn1nc(C(=O)Nc2ccccc2)c2c1CCN(C(=O)CCC(=O)NC1CCCCC1)C2. The van der Waals surface area contributed by atoms with Gasteiger partial charge < -0.3 is 15.5 Å². The van der Waals surface area contributed by atoms with E-state index >= 15 is 0 Å². The maximum Gasteiger partial charge on any atom is 0.276 e. The Kier molecular flexibility index (Phi) is 6.87. The van der Waals surface area contributed by atoms with Gasteiger partial charge in [0, 0.05) is 62.4 Å². The fraction of sp³-hybridized carbons (Fsp3) is 0.500. The first-order valence-corrected chi connectivity index (χ1v) is 11.5. The highest BCUT2D eigenvalue weighted by Crippen LogP contribution is 2.24. The lowest BCUT2D eigenvalue weighted by Gasteiger charge is -2.28. The first kappa shape index (κ1) is 22.0. The Morgan fingerprint density at radius 1 is 1.06 bits per heavy atom. The molecule has 32 heavy (non-hydrogen) atoms. The third-order valence-electron chi connectivity index (χ3n) is 6.38. The van der Waals surface area contributed by atoms with Crippen LogP contribution >= 0.6 is 0 Å². The molecule has 2 aliphatic rings. The third-order valence-corrected chi connectivity index (χ3v) is 6.38. The quantitative estimate of drug-likeness (QED) is 0.726. The van der Waals surface area contributed by atoms with Crippen LogP contribution in [-0.2, 0) is 29.6 Å². The monoisotopic (exact) mass is 437 g/mol. The molecular formula is C24H31N5O3. The number of hydrogen-bond donors (Lipinski definition) is 2. The van der Waals surface area contributed by atoms with Crippen molar-refractivity contribution >= 4 is 23.4 Å². The van der Waals surface area contributed by atoms with Crippen molar-refractivity contribution in [2.24, 2.45) is 7.05 Å². The van der Waals surface area contributed by atoms with Gasteiger partial charge in [0.2, 0.25) is 11.8 Å². The Labute approximate surface area is 188 Å². The fourth-order valence-electron chi connectivity index (χ4n) is 4.62. The molecule has 2 aromatic rings. The van der Waals surface area contributed by atoms with Crippen LogP contribution in [0.15, 0.2) is 30.3 Å². The van der Waals surface area contributed by atoms with Crippen LogP contribution in [-0.4, -0.2) is 45.0 Å². The molecule has 8 nitrogen and oxygen atoms in total. The van der Waals surface area contributed by atoms with Crippen molar-refractivity contribution in [3.05, 3.63) is 47.3 Å². The van der Waals surface area contributed by atoms with Gasteiger partial charge in [0.1, 0.15) is 0 Å². The number of aryl methyl sites for hydroxylation is 1. The van der Waals surface area contributed by atoms with Crippen LogP contribution < -0.4 is 10.6 Å². The molecule has 0 spiro atoms. The number of hydrogen-bond acceptors (Lipinski definition) is 4. The zero-order valence-corrected chi connectivity index (χ0v) is 18.6. The van der Waals surface area contributed by atoms with E-state index in [0.717, 1.165) is 36.9 Å². The summed E-state index contributed by atoms with van der Waals surface area (Å²) in [6, 6.07) is 9.49. The highest BCUT2D eigenvalue weighted by Gasteiger charge is 2.29. The molecule has 1 aromatic heterocycles. The van der Waals surface area contributed by atoms with Crippen molar-refractivity contribution in [3.8, 4) is 0 Å². The Morgan fingerprint density at radius 2 is 1.81 bits per heavy atom. The van der Waals surface area contributed by atoms with Crippen molar-refractivity contribution < 1.29 is 14.4 Å². The number of carbonyl (C=O) groups is 3. The minimum absolute atomic E-state index is 0.0488. The minimum atomic E-state index is -0.283. The summed E-state index contributed by atoms with van der Waals surface area (Å²) in [4.78, 5) is 39.6.